The number of pyridine rings is 1. The van der Waals surface area contributed by atoms with Crippen molar-refractivity contribution in [3.05, 3.63) is 54.2 Å². The Morgan fingerprint density at radius 1 is 1.09 bits per heavy atom. The van der Waals surface area contributed by atoms with E-state index in [2.05, 4.69) is 27.2 Å². The van der Waals surface area contributed by atoms with E-state index in [0.29, 0.717) is 5.69 Å². The fourth-order valence-electron chi connectivity index (χ4n) is 1.96. The second-order valence-corrected chi connectivity index (χ2v) is 6.96. The minimum Gasteiger partial charge on any atom is -0.370 e. The van der Waals surface area contributed by atoms with E-state index in [9.17, 15) is 8.42 Å². The summed E-state index contributed by atoms with van der Waals surface area (Å²) in [4.78, 5) is 4.20. The molecule has 2 rings (SSSR count). The van der Waals surface area contributed by atoms with Crippen LogP contribution in [0.15, 0.2) is 48.7 Å². The highest BCUT2D eigenvalue weighted by Gasteiger charge is 2.06. The van der Waals surface area contributed by atoms with Gasteiger partial charge in [-0.05, 0) is 37.5 Å². The van der Waals surface area contributed by atoms with Crippen molar-refractivity contribution in [3.8, 4) is 0 Å². The number of hydrogen-bond donors (Lipinski definition) is 2. The minimum absolute atomic E-state index is 0.0481. The van der Waals surface area contributed by atoms with E-state index in [1.165, 1.54) is 11.8 Å². The largest absolute Gasteiger partial charge is 0.370 e. The van der Waals surface area contributed by atoms with Gasteiger partial charge in [-0.1, -0.05) is 30.3 Å². The third-order valence-corrected chi connectivity index (χ3v) is 4.51. The van der Waals surface area contributed by atoms with Crippen LogP contribution in [0.3, 0.4) is 0 Å². The lowest BCUT2D eigenvalue weighted by Crippen LogP contribution is -2.14. The van der Waals surface area contributed by atoms with Gasteiger partial charge in [0, 0.05) is 6.54 Å². The molecule has 0 radical (unpaired) electrons. The summed E-state index contributed by atoms with van der Waals surface area (Å²) < 4.78 is 25.4. The van der Waals surface area contributed by atoms with Gasteiger partial charge < -0.3 is 5.32 Å². The summed E-state index contributed by atoms with van der Waals surface area (Å²) in [7, 11) is -3.25. The number of aromatic nitrogens is 1. The average Bonchev–Trinajstić information content (AvgIpc) is 2.54. The molecule has 0 saturated heterocycles. The van der Waals surface area contributed by atoms with Crippen LogP contribution >= 0.6 is 0 Å². The molecule has 0 aliphatic rings. The van der Waals surface area contributed by atoms with Crippen LogP contribution < -0.4 is 10.0 Å². The van der Waals surface area contributed by atoms with Crippen molar-refractivity contribution in [2.75, 3.05) is 22.3 Å². The number of benzene rings is 1. The van der Waals surface area contributed by atoms with Gasteiger partial charge in [0.15, 0.2) is 0 Å². The number of nitrogens with zero attached hydrogens (tertiary/aromatic N) is 1. The Hall–Kier alpha value is -2.08. The van der Waals surface area contributed by atoms with E-state index in [4.69, 9.17) is 0 Å². The maximum atomic E-state index is 11.4. The zero-order valence-electron chi connectivity index (χ0n) is 12.6. The lowest BCUT2D eigenvalue weighted by atomic mass is 10.1. The summed E-state index contributed by atoms with van der Waals surface area (Å²) in [6.45, 7) is 2.42. The molecule has 2 aromatic rings. The maximum Gasteiger partial charge on any atom is 0.232 e. The van der Waals surface area contributed by atoms with E-state index >= 15 is 0 Å². The molecule has 0 aliphatic carbocycles. The van der Waals surface area contributed by atoms with Crippen LogP contribution in [0.5, 0.6) is 0 Å². The first kappa shape index (κ1) is 16.3. The summed E-state index contributed by atoms with van der Waals surface area (Å²) in [5, 5.41) is 3.23. The molecule has 5 nitrogen and oxygen atoms in total. The lowest BCUT2D eigenvalue weighted by molar-refractivity contribution is 0.602. The van der Waals surface area contributed by atoms with Gasteiger partial charge in [0.2, 0.25) is 10.0 Å². The standard InChI is InChI=1S/C16H21N3O2S/c1-2-22(20,21)19-15-10-11-16(18-13-15)17-12-6-9-14-7-4-3-5-8-14/h3-5,7-8,10-11,13,19H,2,6,9,12H2,1H3,(H,17,18). The molecule has 22 heavy (non-hydrogen) atoms. The first-order chi connectivity index (χ1) is 10.6. The molecule has 0 atom stereocenters. The number of sulfonamides is 1. The predicted octanol–water partition coefficient (Wildman–Crippen LogP) is 2.89. The molecule has 0 unspecified atom stereocenters. The Morgan fingerprint density at radius 2 is 1.86 bits per heavy atom. The Morgan fingerprint density at radius 3 is 2.50 bits per heavy atom. The van der Waals surface area contributed by atoms with Crippen molar-refractivity contribution < 1.29 is 8.42 Å². The number of aryl methyl sites for hydroxylation is 1. The third kappa shape index (κ3) is 5.37. The smallest absolute Gasteiger partial charge is 0.232 e. The summed E-state index contributed by atoms with van der Waals surface area (Å²) in [6.07, 6.45) is 3.55. The monoisotopic (exact) mass is 319 g/mol. The molecule has 0 saturated carbocycles. The van der Waals surface area contributed by atoms with Gasteiger partial charge in [-0.25, -0.2) is 13.4 Å². The SMILES string of the molecule is CCS(=O)(=O)Nc1ccc(NCCCc2ccccc2)nc1. The molecule has 2 N–H and O–H groups in total. The second kappa shape index (κ2) is 7.79. The van der Waals surface area contributed by atoms with Crippen LogP contribution in [-0.4, -0.2) is 25.7 Å². The first-order valence-electron chi connectivity index (χ1n) is 7.33. The van der Waals surface area contributed by atoms with E-state index < -0.39 is 10.0 Å². The van der Waals surface area contributed by atoms with Gasteiger partial charge in [-0.15, -0.1) is 0 Å². The van der Waals surface area contributed by atoms with Crippen molar-refractivity contribution in [1.82, 2.24) is 4.98 Å². The number of anilines is 2. The van der Waals surface area contributed by atoms with Crippen LogP contribution in [0.4, 0.5) is 11.5 Å². The predicted molar refractivity (Wildman–Crippen MR) is 90.6 cm³/mol. The van der Waals surface area contributed by atoms with Gasteiger partial charge in [-0.2, -0.15) is 0 Å². The maximum absolute atomic E-state index is 11.4. The van der Waals surface area contributed by atoms with Crippen LogP contribution in [0.2, 0.25) is 0 Å². The Balaban J connectivity index is 1.77. The summed E-state index contributed by atoms with van der Waals surface area (Å²) in [5.74, 6) is 0.791. The summed E-state index contributed by atoms with van der Waals surface area (Å²) >= 11 is 0. The highest BCUT2D eigenvalue weighted by atomic mass is 32.2. The van der Waals surface area contributed by atoms with Gasteiger partial charge in [0.1, 0.15) is 5.82 Å². The summed E-state index contributed by atoms with van der Waals surface area (Å²) in [6, 6.07) is 13.8. The van der Waals surface area contributed by atoms with Crippen molar-refractivity contribution >= 4 is 21.5 Å². The van der Waals surface area contributed by atoms with E-state index in [1.54, 1.807) is 19.1 Å². The van der Waals surface area contributed by atoms with Gasteiger partial charge in [0.25, 0.3) is 0 Å². The Kier molecular flexibility index (Phi) is 5.77. The van der Waals surface area contributed by atoms with Crippen LogP contribution in [0.1, 0.15) is 18.9 Å². The van der Waals surface area contributed by atoms with Gasteiger partial charge in [0.05, 0.1) is 17.6 Å². The van der Waals surface area contributed by atoms with Crippen molar-refractivity contribution in [3.63, 3.8) is 0 Å². The number of nitrogens with one attached hydrogen (secondary N) is 2. The molecular weight excluding hydrogens is 298 g/mol. The molecule has 1 aromatic carbocycles. The molecule has 1 heterocycles. The topological polar surface area (TPSA) is 71.1 Å². The minimum atomic E-state index is -3.25. The summed E-state index contributed by atoms with van der Waals surface area (Å²) in [5.41, 5.74) is 1.80. The highest BCUT2D eigenvalue weighted by Crippen LogP contribution is 2.11. The molecule has 0 fully saturated rings. The average molecular weight is 319 g/mol. The van der Waals surface area contributed by atoms with Gasteiger partial charge in [-0.3, -0.25) is 4.72 Å². The molecule has 6 heteroatoms. The Bertz CT molecular complexity index is 670. The van der Waals surface area contributed by atoms with Crippen LogP contribution in [0.25, 0.3) is 0 Å². The highest BCUT2D eigenvalue weighted by molar-refractivity contribution is 7.92. The van der Waals surface area contributed by atoms with Gasteiger partial charge >= 0.3 is 0 Å². The van der Waals surface area contributed by atoms with E-state index in [-0.39, 0.29) is 5.75 Å². The fraction of sp³-hybridized carbons (Fsp3) is 0.312. The van der Waals surface area contributed by atoms with Crippen LogP contribution in [0, 0.1) is 0 Å². The van der Waals surface area contributed by atoms with Crippen molar-refractivity contribution in [2.45, 2.75) is 19.8 Å². The number of hydrogen-bond acceptors (Lipinski definition) is 4. The molecule has 0 aliphatic heterocycles. The molecular formula is C16H21N3O2S. The lowest BCUT2D eigenvalue weighted by Gasteiger charge is -2.08. The van der Waals surface area contributed by atoms with E-state index in [1.807, 2.05) is 18.2 Å². The molecule has 1 aromatic heterocycles. The fourth-order valence-corrected chi connectivity index (χ4v) is 2.59. The molecule has 0 bridgehead atoms. The normalized spacial score (nSPS) is 11.1. The quantitative estimate of drug-likeness (QED) is 0.734. The zero-order chi connectivity index (χ0) is 15.8. The second-order valence-electron chi connectivity index (χ2n) is 4.95. The number of rotatable bonds is 8. The third-order valence-electron chi connectivity index (χ3n) is 3.21. The van der Waals surface area contributed by atoms with Crippen molar-refractivity contribution in [1.29, 1.82) is 0 Å². The van der Waals surface area contributed by atoms with Crippen molar-refractivity contribution in [2.24, 2.45) is 0 Å². The van der Waals surface area contributed by atoms with Crippen LogP contribution in [-0.2, 0) is 16.4 Å². The Labute approximate surface area is 131 Å². The first-order valence-corrected chi connectivity index (χ1v) is 8.98. The molecule has 118 valence electrons. The molecule has 0 spiro atoms. The zero-order valence-corrected chi connectivity index (χ0v) is 13.4. The van der Waals surface area contributed by atoms with E-state index in [0.717, 1.165) is 25.2 Å². The molecule has 0 amide bonds.